The monoisotopic (exact) mass is 219 g/mol. The molecule has 0 bridgehead atoms. The zero-order chi connectivity index (χ0) is 11.5. The molecule has 1 aromatic rings. The summed E-state index contributed by atoms with van der Waals surface area (Å²) in [5.74, 6) is -0.849. The predicted octanol–water partition coefficient (Wildman–Crippen LogP) is 1.66. The van der Waals surface area contributed by atoms with E-state index in [1.165, 1.54) is 0 Å². The Morgan fingerprint density at radius 2 is 2.06 bits per heavy atom. The van der Waals surface area contributed by atoms with Crippen LogP contribution in [0.15, 0.2) is 30.3 Å². The number of hydrogen-bond donors (Lipinski definition) is 1. The number of para-hydroxylation sites is 1. The smallest absolute Gasteiger partial charge is 0.305 e. The summed E-state index contributed by atoms with van der Waals surface area (Å²) in [6.07, 6.45) is 1.08. The van der Waals surface area contributed by atoms with Crippen LogP contribution < -0.4 is 4.90 Å². The number of carbonyl (C=O) groups excluding carboxylic acids is 1. The number of anilines is 1. The zero-order valence-electron chi connectivity index (χ0n) is 8.80. The predicted molar refractivity (Wildman–Crippen MR) is 59.2 cm³/mol. The molecular weight excluding hydrogens is 206 g/mol. The van der Waals surface area contributed by atoms with Crippen molar-refractivity contribution in [3.63, 3.8) is 0 Å². The summed E-state index contributed by atoms with van der Waals surface area (Å²) in [6.45, 7) is 0. The third-order valence-corrected chi connectivity index (χ3v) is 2.77. The minimum absolute atomic E-state index is 0.0115. The van der Waals surface area contributed by atoms with Crippen molar-refractivity contribution in [1.82, 2.24) is 0 Å². The molecule has 1 saturated heterocycles. The van der Waals surface area contributed by atoms with Crippen molar-refractivity contribution in [3.8, 4) is 0 Å². The number of aliphatic carboxylic acids is 1. The average molecular weight is 219 g/mol. The lowest BCUT2D eigenvalue weighted by atomic mass is 10.1. The van der Waals surface area contributed by atoms with E-state index in [1.54, 1.807) is 4.90 Å². The van der Waals surface area contributed by atoms with Gasteiger partial charge in [-0.1, -0.05) is 18.2 Å². The first-order valence-electron chi connectivity index (χ1n) is 5.27. The van der Waals surface area contributed by atoms with Gasteiger partial charge in [0.2, 0.25) is 5.91 Å². The van der Waals surface area contributed by atoms with E-state index >= 15 is 0 Å². The van der Waals surface area contributed by atoms with Crippen LogP contribution in [0.2, 0.25) is 0 Å². The number of nitrogens with zero attached hydrogens (tertiary/aromatic N) is 1. The maximum Gasteiger partial charge on any atom is 0.305 e. The molecule has 4 heteroatoms. The number of amides is 1. The lowest BCUT2D eigenvalue weighted by Gasteiger charge is -2.23. The lowest BCUT2D eigenvalue weighted by molar-refractivity contribution is -0.137. The number of carbonyl (C=O) groups is 2. The van der Waals surface area contributed by atoms with Gasteiger partial charge in [-0.15, -0.1) is 0 Å². The van der Waals surface area contributed by atoms with E-state index in [2.05, 4.69) is 0 Å². The van der Waals surface area contributed by atoms with Crippen LogP contribution in [0.5, 0.6) is 0 Å². The number of hydrogen-bond acceptors (Lipinski definition) is 2. The fourth-order valence-electron chi connectivity index (χ4n) is 2.08. The van der Waals surface area contributed by atoms with E-state index < -0.39 is 5.97 Å². The molecular formula is C12H13NO3. The second-order valence-electron chi connectivity index (χ2n) is 3.89. The molecule has 1 aliphatic heterocycles. The Bertz CT molecular complexity index is 402. The Balaban J connectivity index is 2.23. The van der Waals surface area contributed by atoms with E-state index in [-0.39, 0.29) is 18.4 Å². The Labute approximate surface area is 93.5 Å². The highest BCUT2D eigenvalue weighted by molar-refractivity contribution is 5.96. The molecule has 1 aromatic carbocycles. The van der Waals surface area contributed by atoms with Crippen LogP contribution in [0.3, 0.4) is 0 Å². The molecule has 84 valence electrons. The average Bonchev–Trinajstić information content (AvgIpc) is 2.60. The van der Waals surface area contributed by atoms with Crippen molar-refractivity contribution in [1.29, 1.82) is 0 Å². The van der Waals surface area contributed by atoms with Crippen LogP contribution in [0, 0.1) is 0 Å². The highest BCUT2D eigenvalue weighted by atomic mass is 16.4. The second-order valence-corrected chi connectivity index (χ2v) is 3.89. The van der Waals surface area contributed by atoms with Crippen LogP contribution in [-0.2, 0) is 9.59 Å². The molecule has 0 unspecified atom stereocenters. The fourth-order valence-corrected chi connectivity index (χ4v) is 2.08. The molecule has 0 radical (unpaired) electrons. The van der Waals surface area contributed by atoms with Crippen molar-refractivity contribution in [3.05, 3.63) is 30.3 Å². The van der Waals surface area contributed by atoms with Gasteiger partial charge < -0.3 is 10.0 Å². The molecule has 0 aliphatic carbocycles. The third-order valence-electron chi connectivity index (χ3n) is 2.77. The van der Waals surface area contributed by atoms with Gasteiger partial charge in [0.25, 0.3) is 0 Å². The SMILES string of the molecule is O=C(O)C[C@H]1CCC(=O)N1c1ccccc1. The molecule has 4 nitrogen and oxygen atoms in total. The van der Waals surface area contributed by atoms with Crippen LogP contribution in [-0.4, -0.2) is 23.0 Å². The van der Waals surface area contributed by atoms with E-state index in [9.17, 15) is 9.59 Å². The molecule has 2 rings (SSSR count). The Morgan fingerprint density at radius 3 is 2.69 bits per heavy atom. The first kappa shape index (κ1) is 10.7. The lowest BCUT2D eigenvalue weighted by Crippen LogP contribution is -2.34. The first-order chi connectivity index (χ1) is 7.68. The summed E-state index contributed by atoms with van der Waals surface area (Å²) < 4.78 is 0. The highest BCUT2D eigenvalue weighted by Gasteiger charge is 2.33. The number of rotatable bonds is 3. The van der Waals surface area contributed by atoms with Crippen molar-refractivity contribution in [2.75, 3.05) is 4.90 Å². The summed E-state index contributed by atoms with van der Waals surface area (Å²) >= 11 is 0. The molecule has 1 fully saturated rings. The molecule has 0 spiro atoms. The van der Waals surface area contributed by atoms with Gasteiger partial charge in [-0.25, -0.2) is 0 Å². The molecule has 0 aromatic heterocycles. The summed E-state index contributed by atoms with van der Waals surface area (Å²) in [4.78, 5) is 24.0. The highest BCUT2D eigenvalue weighted by Crippen LogP contribution is 2.27. The molecule has 1 atom stereocenters. The van der Waals surface area contributed by atoms with Crippen molar-refractivity contribution < 1.29 is 14.7 Å². The molecule has 0 saturated carbocycles. The Kier molecular flexibility index (Phi) is 2.90. The van der Waals surface area contributed by atoms with E-state index in [0.29, 0.717) is 12.8 Å². The van der Waals surface area contributed by atoms with E-state index in [4.69, 9.17) is 5.11 Å². The quantitative estimate of drug-likeness (QED) is 0.841. The Hall–Kier alpha value is -1.84. The standard InChI is InChI=1S/C12H13NO3/c14-11-7-6-10(8-12(15)16)13(11)9-4-2-1-3-5-9/h1-5,10H,6-8H2,(H,15,16)/t10-/m1/s1. The maximum atomic E-state index is 11.7. The minimum atomic E-state index is -0.861. The van der Waals surface area contributed by atoms with E-state index in [0.717, 1.165) is 5.69 Å². The maximum absolute atomic E-state index is 11.7. The summed E-state index contributed by atoms with van der Waals surface area (Å²) in [5.41, 5.74) is 0.788. The number of benzene rings is 1. The van der Waals surface area contributed by atoms with Gasteiger partial charge in [-0.05, 0) is 18.6 Å². The van der Waals surface area contributed by atoms with Crippen molar-refractivity contribution >= 4 is 17.6 Å². The van der Waals surface area contributed by atoms with Gasteiger partial charge in [-0.2, -0.15) is 0 Å². The van der Waals surface area contributed by atoms with Crippen LogP contribution in [0.25, 0.3) is 0 Å². The summed E-state index contributed by atoms with van der Waals surface area (Å²) in [5, 5.41) is 8.79. The van der Waals surface area contributed by atoms with Crippen LogP contribution in [0.1, 0.15) is 19.3 Å². The normalized spacial score (nSPS) is 20.1. The topological polar surface area (TPSA) is 57.6 Å². The molecule has 16 heavy (non-hydrogen) atoms. The van der Waals surface area contributed by atoms with Crippen molar-refractivity contribution in [2.24, 2.45) is 0 Å². The van der Waals surface area contributed by atoms with Gasteiger partial charge >= 0.3 is 5.97 Å². The molecule has 1 amide bonds. The van der Waals surface area contributed by atoms with Gasteiger partial charge in [-0.3, -0.25) is 9.59 Å². The van der Waals surface area contributed by atoms with Crippen molar-refractivity contribution in [2.45, 2.75) is 25.3 Å². The molecule has 1 N–H and O–H groups in total. The molecule has 1 heterocycles. The van der Waals surface area contributed by atoms with Gasteiger partial charge in [0, 0.05) is 18.2 Å². The van der Waals surface area contributed by atoms with Gasteiger partial charge in [0.05, 0.1) is 6.42 Å². The number of carboxylic acid groups (broad SMARTS) is 1. The first-order valence-corrected chi connectivity index (χ1v) is 5.27. The van der Waals surface area contributed by atoms with Crippen LogP contribution >= 0.6 is 0 Å². The third kappa shape index (κ3) is 2.05. The Morgan fingerprint density at radius 1 is 1.38 bits per heavy atom. The summed E-state index contributed by atoms with van der Waals surface area (Å²) in [7, 11) is 0. The molecule has 1 aliphatic rings. The largest absolute Gasteiger partial charge is 0.481 e. The minimum Gasteiger partial charge on any atom is -0.481 e. The van der Waals surface area contributed by atoms with E-state index in [1.807, 2.05) is 30.3 Å². The second kappa shape index (κ2) is 4.35. The zero-order valence-corrected chi connectivity index (χ0v) is 8.80. The van der Waals surface area contributed by atoms with Crippen LogP contribution in [0.4, 0.5) is 5.69 Å². The fraction of sp³-hybridized carbons (Fsp3) is 0.333. The number of carboxylic acids is 1. The van der Waals surface area contributed by atoms with Gasteiger partial charge in [0.1, 0.15) is 0 Å². The summed E-state index contributed by atoms with van der Waals surface area (Å²) in [6, 6.07) is 9.02. The van der Waals surface area contributed by atoms with Gasteiger partial charge in [0.15, 0.2) is 0 Å².